The molecule has 5 heteroatoms. The van der Waals surface area contributed by atoms with E-state index in [2.05, 4.69) is 19.2 Å². The number of carbonyl (C=O) groups excluding carboxylic acids is 3. The second kappa shape index (κ2) is 6.75. The molecule has 2 aromatic carbocycles. The summed E-state index contributed by atoms with van der Waals surface area (Å²) in [6.45, 7) is 7.61. The van der Waals surface area contributed by atoms with Crippen molar-refractivity contribution >= 4 is 23.4 Å². The quantitative estimate of drug-likeness (QED) is 0.854. The molecule has 0 saturated carbocycles. The fraction of sp³-hybridized carbons (Fsp3) is 0.286. The van der Waals surface area contributed by atoms with Crippen molar-refractivity contribution in [1.82, 2.24) is 4.90 Å². The third-order valence-electron chi connectivity index (χ3n) is 4.77. The van der Waals surface area contributed by atoms with Crippen molar-refractivity contribution in [2.24, 2.45) is 0 Å². The van der Waals surface area contributed by atoms with Crippen molar-refractivity contribution in [2.75, 3.05) is 5.32 Å². The maximum absolute atomic E-state index is 12.8. The molecular weight excluding hydrogens is 328 g/mol. The van der Waals surface area contributed by atoms with Gasteiger partial charge >= 0.3 is 0 Å². The maximum atomic E-state index is 12.8. The van der Waals surface area contributed by atoms with Crippen LogP contribution in [-0.2, 0) is 4.79 Å². The lowest BCUT2D eigenvalue weighted by Crippen LogP contribution is -2.45. The summed E-state index contributed by atoms with van der Waals surface area (Å²) in [5.41, 5.74) is 3.40. The molecule has 26 heavy (non-hydrogen) atoms. The van der Waals surface area contributed by atoms with Gasteiger partial charge in [0.25, 0.3) is 11.8 Å². The van der Waals surface area contributed by atoms with E-state index < -0.39 is 17.9 Å². The van der Waals surface area contributed by atoms with Gasteiger partial charge in [-0.05, 0) is 43.0 Å². The number of aryl methyl sites for hydroxylation is 1. The van der Waals surface area contributed by atoms with Crippen LogP contribution < -0.4 is 5.32 Å². The number of amides is 3. The highest BCUT2D eigenvalue weighted by atomic mass is 16.2. The van der Waals surface area contributed by atoms with Crippen LogP contribution in [0, 0.1) is 6.92 Å². The van der Waals surface area contributed by atoms with E-state index in [4.69, 9.17) is 0 Å². The molecule has 1 aliphatic heterocycles. The van der Waals surface area contributed by atoms with Crippen LogP contribution in [0.3, 0.4) is 0 Å². The SMILES string of the molecule is Cc1cccc(C(C)C)c1NC(=O)[C@H](C)N1C(=O)c2ccccc2C1=O. The van der Waals surface area contributed by atoms with Gasteiger partial charge < -0.3 is 5.32 Å². The topological polar surface area (TPSA) is 66.5 Å². The van der Waals surface area contributed by atoms with Gasteiger partial charge in [-0.15, -0.1) is 0 Å². The number of imide groups is 1. The van der Waals surface area contributed by atoms with Crippen molar-refractivity contribution in [3.8, 4) is 0 Å². The smallest absolute Gasteiger partial charge is 0.262 e. The van der Waals surface area contributed by atoms with E-state index in [0.29, 0.717) is 11.1 Å². The number of carbonyl (C=O) groups is 3. The number of benzene rings is 2. The standard InChI is InChI=1S/C21H22N2O3/c1-12(2)15-11-7-8-13(3)18(15)22-19(24)14(4)23-20(25)16-9-5-6-10-17(16)21(23)26/h5-12,14H,1-4H3,(H,22,24)/t14-/m0/s1. The Kier molecular flexibility index (Phi) is 4.64. The van der Waals surface area contributed by atoms with Crippen LogP contribution in [0.4, 0.5) is 5.69 Å². The molecule has 1 aliphatic rings. The van der Waals surface area contributed by atoms with Crippen molar-refractivity contribution in [3.05, 3.63) is 64.7 Å². The van der Waals surface area contributed by atoms with E-state index in [-0.39, 0.29) is 11.8 Å². The van der Waals surface area contributed by atoms with Crippen molar-refractivity contribution < 1.29 is 14.4 Å². The first-order valence-electron chi connectivity index (χ1n) is 8.70. The number of hydrogen-bond donors (Lipinski definition) is 1. The Hall–Kier alpha value is -2.95. The lowest BCUT2D eigenvalue weighted by atomic mass is 9.98. The third kappa shape index (κ3) is 2.90. The molecule has 0 aromatic heterocycles. The van der Waals surface area contributed by atoms with E-state index in [0.717, 1.165) is 21.7 Å². The second-order valence-corrected chi connectivity index (χ2v) is 6.88. The zero-order valence-electron chi connectivity index (χ0n) is 15.4. The van der Waals surface area contributed by atoms with E-state index in [9.17, 15) is 14.4 Å². The molecule has 0 spiro atoms. The van der Waals surface area contributed by atoms with E-state index >= 15 is 0 Å². The number of para-hydroxylation sites is 1. The molecular formula is C21H22N2O3. The minimum atomic E-state index is -0.901. The van der Waals surface area contributed by atoms with Gasteiger partial charge in [-0.3, -0.25) is 19.3 Å². The summed E-state index contributed by atoms with van der Waals surface area (Å²) >= 11 is 0. The summed E-state index contributed by atoms with van der Waals surface area (Å²) in [5, 5.41) is 2.92. The molecule has 5 nitrogen and oxygen atoms in total. The third-order valence-corrected chi connectivity index (χ3v) is 4.77. The van der Waals surface area contributed by atoms with Crippen molar-refractivity contribution in [3.63, 3.8) is 0 Å². The van der Waals surface area contributed by atoms with Gasteiger partial charge in [0.2, 0.25) is 5.91 Å². The molecule has 134 valence electrons. The van der Waals surface area contributed by atoms with Crippen LogP contribution in [0.15, 0.2) is 42.5 Å². The molecule has 0 saturated heterocycles. The van der Waals surface area contributed by atoms with E-state index in [1.807, 2.05) is 25.1 Å². The molecule has 2 aromatic rings. The fourth-order valence-electron chi connectivity index (χ4n) is 3.25. The van der Waals surface area contributed by atoms with Crippen LogP contribution in [0.5, 0.6) is 0 Å². The van der Waals surface area contributed by atoms with Crippen LogP contribution in [0.2, 0.25) is 0 Å². The summed E-state index contributed by atoms with van der Waals surface area (Å²) < 4.78 is 0. The summed E-state index contributed by atoms with van der Waals surface area (Å²) in [6, 6.07) is 11.6. The molecule has 0 bridgehead atoms. The summed E-state index contributed by atoms with van der Waals surface area (Å²) in [7, 11) is 0. The summed E-state index contributed by atoms with van der Waals surface area (Å²) in [5.74, 6) is -1.00. The van der Waals surface area contributed by atoms with Crippen LogP contribution in [-0.4, -0.2) is 28.7 Å². The van der Waals surface area contributed by atoms with Gasteiger partial charge in [0.15, 0.2) is 0 Å². The second-order valence-electron chi connectivity index (χ2n) is 6.88. The number of rotatable bonds is 4. The first-order chi connectivity index (χ1) is 12.3. The maximum Gasteiger partial charge on any atom is 0.262 e. The Balaban J connectivity index is 1.87. The van der Waals surface area contributed by atoms with Crippen LogP contribution in [0.25, 0.3) is 0 Å². The summed E-state index contributed by atoms with van der Waals surface area (Å²) in [6.07, 6.45) is 0. The Morgan fingerprint density at radius 1 is 0.923 bits per heavy atom. The lowest BCUT2D eigenvalue weighted by molar-refractivity contribution is -0.119. The molecule has 3 rings (SSSR count). The fourth-order valence-corrected chi connectivity index (χ4v) is 3.25. The molecule has 1 heterocycles. The number of anilines is 1. The monoisotopic (exact) mass is 350 g/mol. The van der Waals surface area contributed by atoms with Crippen molar-refractivity contribution in [1.29, 1.82) is 0 Å². The summed E-state index contributed by atoms with van der Waals surface area (Å²) in [4.78, 5) is 39.0. The Morgan fingerprint density at radius 3 is 2.04 bits per heavy atom. The van der Waals surface area contributed by atoms with Gasteiger partial charge in [0.1, 0.15) is 6.04 Å². The number of nitrogens with one attached hydrogen (secondary N) is 1. The number of fused-ring (bicyclic) bond motifs is 1. The van der Waals surface area contributed by atoms with Crippen molar-refractivity contribution in [2.45, 2.75) is 39.7 Å². The zero-order valence-corrected chi connectivity index (χ0v) is 15.4. The average molecular weight is 350 g/mol. The average Bonchev–Trinajstić information content (AvgIpc) is 2.87. The first-order valence-corrected chi connectivity index (χ1v) is 8.70. The Bertz CT molecular complexity index is 867. The molecule has 3 amide bonds. The zero-order chi connectivity index (χ0) is 19.0. The highest BCUT2D eigenvalue weighted by Crippen LogP contribution is 2.29. The van der Waals surface area contributed by atoms with E-state index in [1.165, 1.54) is 0 Å². The van der Waals surface area contributed by atoms with Crippen LogP contribution >= 0.6 is 0 Å². The Labute approximate surface area is 153 Å². The normalized spacial score (nSPS) is 14.6. The van der Waals surface area contributed by atoms with Gasteiger partial charge in [-0.2, -0.15) is 0 Å². The Morgan fingerprint density at radius 2 is 1.50 bits per heavy atom. The molecule has 0 fully saturated rings. The minimum absolute atomic E-state index is 0.236. The van der Waals surface area contributed by atoms with Gasteiger partial charge in [-0.25, -0.2) is 0 Å². The molecule has 0 radical (unpaired) electrons. The molecule has 0 aliphatic carbocycles. The number of nitrogens with zero attached hydrogens (tertiary/aromatic N) is 1. The predicted molar refractivity (Wildman–Crippen MR) is 100 cm³/mol. The first kappa shape index (κ1) is 17.9. The van der Waals surface area contributed by atoms with Gasteiger partial charge in [0, 0.05) is 5.69 Å². The predicted octanol–water partition coefficient (Wildman–Crippen LogP) is 3.74. The molecule has 1 N–H and O–H groups in total. The highest BCUT2D eigenvalue weighted by Gasteiger charge is 2.40. The lowest BCUT2D eigenvalue weighted by Gasteiger charge is -2.23. The van der Waals surface area contributed by atoms with Gasteiger partial charge in [-0.1, -0.05) is 44.2 Å². The molecule has 0 unspecified atom stereocenters. The molecule has 1 atom stereocenters. The van der Waals surface area contributed by atoms with Crippen LogP contribution in [0.1, 0.15) is 58.5 Å². The highest BCUT2D eigenvalue weighted by molar-refractivity contribution is 6.23. The van der Waals surface area contributed by atoms with Gasteiger partial charge in [0.05, 0.1) is 11.1 Å². The number of hydrogen-bond acceptors (Lipinski definition) is 3. The van der Waals surface area contributed by atoms with E-state index in [1.54, 1.807) is 31.2 Å². The largest absolute Gasteiger partial charge is 0.324 e. The minimum Gasteiger partial charge on any atom is -0.324 e.